The third-order valence-electron chi connectivity index (χ3n) is 2.62. The molecular weight excluding hydrogens is 136 g/mol. The molecule has 0 aliphatic heterocycles. The van der Waals surface area contributed by atoms with Gasteiger partial charge in [0.2, 0.25) is 0 Å². The van der Waals surface area contributed by atoms with Crippen LogP contribution in [-0.2, 0) is 4.74 Å². The second-order valence-electron chi connectivity index (χ2n) is 3.59. The van der Waals surface area contributed by atoms with Crippen LogP contribution in [0.25, 0.3) is 0 Å². The third-order valence-corrected chi connectivity index (χ3v) is 2.62. The average molecular weight is 152 g/mol. The zero-order valence-electron chi connectivity index (χ0n) is 7.01. The fourth-order valence-electron chi connectivity index (χ4n) is 1.97. The molecular formula is C10H16O. The first-order valence-corrected chi connectivity index (χ1v) is 4.81. The molecule has 0 amide bonds. The predicted molar refractivity (Wildman–Crippen MR) is 45.3 cm³/mol. The molecule has 2 aliphatic rings. The van der Waals surface area contributed by atoms with E-state index < -0.39 is 0 Å². The first-order chi connectivity index (χ1) is 5.45. The molecule has 0 bridgehead atoms. The van der Waals surface area contributed by atoms with Gasteiger partial charge in [0.25, 0.3) is 0 Å². The van der Waals surface area contributed by atoms with E-state index in [9.17, 15) is 0 Å². The van der Waals surface area contributed by atoms with Crippen molar-refractivity contribution in [1.82, 2.24) is 0 Å². The minimum atomic E-state index is 0.569. The van der Waals surface area contributed by atoms with Crippen molar-refractivity contribution < 1.29 is 4.74 Å². The van der Waals surface area contributed by atoms with Crippen molar-refractivity contribution in [2.45, 2.75) is 51.0 Å². The van der Waals surface area contributed by atoms with Crippen molar-refractivity contribution in [3.05, 3.63) is 11.8 Å². The Kier molecular flexibility index (Phi) is 2.16. The van der Waals surface area contributed by atoms with Gasteiger partial charge in [0.1, 0.15) is 0 Å². The van der Waals surface area contributed by atoms with Gasteiger partial charge < -0.3 is 4.74 Å². The highest BCUT2D eigenvalue weighted by molar-refractivity contribution is 5.00. The molecule has 0 saturated heterocycles. The molecule has 62 valence electrons. The van der Waals surface area contributed by atoms with E-state index >= 15 is 0 Å². The lowest BCUT2D eigenvalue weighted by Gasteiger charge is -2.13. The highest BCUT2D eigenvalue weighted by Gasteiger charge is 2.18. The molecule has 1 fully saturated rings. The number of hydrogen-bond acceptors (Lipinski definition) is 1. The Morgan fingerprint density at radius 2 is 2.00 bits per heavy atom. The van der Waals surface area contributed by atoms with Gasteiger partial charge in [0, 0.05) is 6.42 Å². The van der Waals surface area contributed by atoms with Crippen LogP contribution in [0.5, 0.6) is 0 Å². The highest BCUT2D eigenvalue weighted by atomic mass is 16.5. The molecule has 11 heavy (non-hydrogen) atoms. The molecule has 2 aliphatic carbocycles. The van der Waals surface area contributed by atoms with Gasteiger partial charge in [-0.25, -0.2) is 0 Å². The summed E-state index contributed by atoms with van der Waals surface area (Å²) in [4.78, 5) is 0. The summed E-state index contributed by atoms with van der Waals surface area (Å²) >= 11 is 0. The normalized spacial score (nSPS) is 25.6. The quantitative estimate of drug-likeness (QED) is 0.591. The summed E-state index contributed by atoms with van der Waals surface area (Å²) in [6.07, 6.45) is 11.9. The monoisotopic (exact) mass is 152 g/mol. The molecule has 0 aromatic carbocycles. The minimum Gasteiger partial charge on any atom is -0.495 e. The summed E-state index contributed by atoms with van der Waals surface area (Å²) in [6.45, 7) is 0. The lowest BCUT2D eigenvalue weighted by atomic mass is 10.3. The molecule has 0 radical (unpaired) electrons. The van der Waals surface area contributed by atoms with Crippen LogP contribution in [0.2, 0.25) is 0 Å². The Balaban J connectivity index is 1.79. The van der Waals surface area contributed by atoms with E-state index in [1.165, 1.54) is 50.7 Å². The summed E-state index contributed by atoms with van der Waals surface area (Å²) < 4.78 is 5.83. The van der Waals surface area contributed by atoms with E-state index in [4.69, 9.17) is 4.74 Å². The largest absolute Gasteiger partial charge is 0.495 e. The van der Waals surface area contributed by atoms with Gasteiger partial charge in [-0.2, -0.15) is 0 Å². The fraction of sp³-hybridized carbons (Fsp3) is 0.800. The Morgan fingerprint density at radius 1 is 1.18 bits per heavy atom. The summed E-state index contributed by atoms with van der Waals surface area (Å²) in [5, 5.41) is 0. The highest BCUT2D eigenvalue weighted by Crippen LogP contribution is 2.27. The molecule has 0 N–H and O–H groups in total. The van der Waals surface area contributed by atoms with Crippen LogP contribution in [-0.4, -0.2) is 6.10 Å². The summed E-state index contributed by atoms with van der Waals surface area (Å²) in [7, 11) is 0. The van der Waals surface area contributed by atoms with Gasteiger partial charge in [-0.3, -0.25) is 0 Å². The topological polar surface area (TPSA) is 9.23 Å². The Morgan fingerprint density at radius 3 is 2.64 bits per heavy atom. The van der Waals surface area contributed by atoms with Gasteiger partial charge in [-0.05, 0) is 44.6 Å². The number of allylic oxidation sites excluding steroid dienone is 2. The summed E-state index contributed by atoms with van der Waals surface area (Å²) in [5.74, 6) is 1.27. The van der Waals surface area contributed by atoms with E-state index in [-0.39, 0.29) is 0 Å². The minimum absolute atomic E-state index is 0.569. The second-order valence-corrected chi connectivity index (χ2v) is 3.59. The molecule has 2 rings (SSSR count). The zero-order valence-corrected chi connectivity index (χ0v) is 7.01. The third kappa shape index (κ3) is 1.76. The van der Waals surface area contributed by atoms with Crippen molar-refractivity contribution in [3.63, 3.8) is 0 Å². The van der Waals surface area contributed by atoms with Crippen molar-refractivity contribution >= 4 is 0 Å². The Labute approximate surface area is 68.4 Å². The average Bonchev–Trinajstić information content (AvgIpc) is 2.60. The number of hydrogen-bond donors (Lipinski definition) is 0. The van der Waals surface area contributed by atoms with Crippen LogP contribution < -0.4 is 0 Å². The molecule has 0 unspecified atom stereocenters. The lowest BCUT2D eigenvalue weighted by molar-refractivity contribution is 0.118. The predicted octanol–water partition coefficient (Wildman–Crippen LogP) is 3.01. The number of ether oxygens (including phenoxy) is 1. The van der Waals surface area contributed by atoms with Crippen molar-refractivity contribution in [1.29, 1.82) is 0 Å². The second kappa shape index (κ2) is 3.29. The maximum absolute atomic E-state index is 5.83. The van der Waals surface area contributed by atoms with E-state index in [2.05, 4.69) is 6.08 Å². The van der Waals surface area contributed by atoms with Crippen LogP contribution >= 0.6 is 0 Å². The number of rotatable bonds is 2. The first kappa shape index (κ1) is 7.20. The van der Waals surface area contributed by atoms with Gasteiger partial charge in [0.15, 0.2) is 0 Å². The maximum atomic E-state index is 5.83. The SMILES string of the molecule is C1=C(OC2CCCC2)CCC1. The van der Waals surface area contributed by atoms with Crippen LogP contribution in [0.15, 0.2) is 11.8 Å². The maximum Gasteiger partial charge on any atom is 0.0982 e. The zero-order chi connectivity index (χ0) is 7.52. The van der Waals surface area contributed by atoms with Crippen LogP contribution in [0.1, 0.15) is 44.9 Å². The summed E-state index contributed by atoms with van der Waals surface area (Å²) in [6, 6.07) is 0. The van der Waals surface area contributed by atoms with Gasteiger partial charge in [-0.15, -0.1) is 0 Å². The molecule has 0 atom stereocenters. The van der Waals surface area contributed by atoms with E-state index in [1.54, 1.807) is 0 Å². The first-order valence-electron chi connectivity index (χ1n) is 4.81. The molecule has 0 heterocycles. The Bertz CT molecular complexity index is 154. The molecule has 0 aromatic rings. The van der Waals surface area contributed by atoms with E-state index in [1.807, 2.05) is 0 Å². The molecule has 1 nitrogen and oxygen atoms in total. The van der Waals surface area contributed by atoms with Crippen LogP contribution in [0, 0.1) is 0 Å². The Hall–Kier alpha value is -0.460. The lowest BCUT2D eigenvalue weighted by Crippen LogP contribution is -2.05. The van der Waals surface area contributed by atoms with E-state index in [0.717, 1.165) is 0 Å². The smallest absolute Gasteiger partial charge is 0.0982 e. The van der Waals surface area contributed by atoms with Crippen LogP contribution in [0.3, 0.4) is 0 Å². The molecule has 0 spiro atoms. The van der Waals surface area contributed by atoms with Gasteiger partial charge in [-0.1, -0.05) is 0 Å². The van der Waals surface area contributed by atoms with Crippen molar-refractivity contribution in [2.24, 2.45) is 0 Å². The molecule has 1 saturated carbocycles. The van der Waals surface area contributed by atoms with Crippen molar-refractivity contribution in [3.8, 4) is 0 Å². The standard InChI is InChI=1S/C10H16O/c1-2-6-9(5-1)11-10-7-3-4-8-10/h5,10H,1-4,6-8H2. The molecule has 0 aromatic heterocycles. The summed E-state index contributed by atoms with van der Waals surface area (Å²) in [5.41, 5.74) is 0. The van der Waals surface area contributed by atoms with Crippen molar-refractivity contribution in [2.75, 3.05) is 0 Å². The van der Waals surface area contributed by atoms with Gasteiger partial charge in [0.05, 0.1) is 11.9 Å². The van der Waals surface area contributed by atoms with Crippen LogP contribution in [0.4, 0.5) is 0 Å². The molecule has 1 heteroatoms. The van der Waals surface area contributed by atoms with E-state index in [0.29, 0.717) is 6.10 Å². The fourth-order valence-corrected chi connectivity index (χ4v) is 1.97. The van der Waals surface area contributed by atoms with Gasteiger partial charge >= 0.3 is 0 Å².